The van der Waals surface area contributed by atoms with Gasteiger partial charge in [0, 0.05) is 18.3 Å². The normalized spacial score (nSPS) is 9.83. The van der Waals surface area contributed by atoms with Crippen LogP contribution in [0.5, 0.6) is 0 Å². The van der Waals surface area contributed by atoms with E-state index in [1.54, 1.807) is 7.05 Å². The van der Waals surface area contributed by atoms with Gasteiger partial charge in [0.15, 0.2) is 0 Å². The molecule has 2 rings (SSSR count). The van der Waals surface area contributed by atoms with Crippen molar-refractivity contribution < 1.29 is 4.79 Å². The summed E-state index contributed by atoms with van der Waals surface area (Å²) in [6.45, 7) is 0.278. The fraction of sp³-hybridized carbons (Fsp3) is 0.133. The quantitative estimate of drug-likeness (QED) is 0.862. The van der Waals surface area contributed by atoms with Gasteiger partial charge in [0.1, 0.15) is 0 Å². The molecule has 2 aromatic rings. The van der Waals surface area contributed by atoms with Crippen molar-refractivity contribution in [1.82, 2.24) is 5.32 Å². The van der Waals surface area contributed by atoms with Crippen LogP contribution >= 0.6 is 0 Å². The van der Waals surface area contributed by atoms with E-state index in [0.717, 1.165) is 16.8 Å². The first-order valence-corrected chi connectivity index (χ1v) is 5.90. The molecule has 0 bridgehead atoms. The van der Waals surface area contributed by atoms with Crippen LogP contribution in [0.4, 0.5) is 5.69 Å². The minimum atomic E-state index is -0.0298. The van der Waals surface area contributed by atoms with Crippen LogP contribution in [0.25, 0.3) is 11.1 Å². The first-order valence-electron chi connectivity index (χ1n) is 5.90. The lowest BCUT2D eigenvalue weighted by molar-refractivity contribution is -0.118. The second-order valence-electron chi connectivity index (χ2n) is 3.94. The Morgan fingerprint density at radius 3 is 2.39 bits per heavy atom. The van der Waals surface area contributed by atoms with Crippen molar-refractivity contribution >= 4 is 11.6 Å². The van der Waals surface area contributed by atoms with Gasteiger partial charge in [-0.25, -0.2) is 0 Å². The molecule has 0 aromatic heterocycles. The Kier molecular flexibility index (Phi) is 3.97. The third kappa shape index (κ3) is 2.88. The number of likely N-dealkylation sites (N-methyl/N-ethyl adjacent to an activating group) is 1. The SMILES string of the molecule is CNC(=O)CNc1ccccc1-c1ccccc1. The van der Waals surface area contributed by atoms with Gasteiger partial charge in [-0.3, -0.25) is 4.79 Å². The number of benzene rings is 2. The van der Waals surface area contributed by atoms with E-state index in [1.165, 1.54) is 0 Å². The van der Waals surface area contributed by atoms with Gasteiger partial charge < -0.3 is 10.6 Å². The first-order chi connectivity index (χ1) is 8.81. The number of para-hydroxylation sites is 1. The number of hydrogen-bond donors (Lipinski definition) is 2. The smallest absolute Gasteiger partial charge is 0.239 e. The topological polar surface area (TPSA) is 41.1 Å². The van der Waals surface area contributed by atoms with E-state index < -0.39 is 0 Å². The molecule has 0 atom stereocenters. The number of nitrogens with one attached hydrogen (secondary N) is 2. The van der Waals surface area contributed by atoms with Crippen LogP contribution in [0.1, 0.15) is 0 Å². The van der Waals surface area contributed by atoms with Crippen LogP contribution < -0.4 is 10.6 Å². The molecule has 1 amide bonds. The molecule has 0 saturated heterocycles. The van der Waals surface area contributed by atoms with Gasteiger partial charge in [-0.2, -0.15) is 0 Å². The summed E-state index contributed by atoms with van der Waals surface area (Å²) in [6, 6.07) is 18.1. The lowest BCUT2D eigenvalue weighted by atomic mass is 10.0. The number of carbonyl (C=O) groups excluding carboxylic acids is 1. The molecule has 0 spiro atoms. The zero-order valence-corrected chi connectivity index (χ0v) is 10.3. The molecule has 0 radical (unpaired) electrons. The predicted molar refractivity (Wildman–Crippen MR) is 74.4 cm³/mol. The second-order valence-corrected chi connectivity index (χ2v) is 3.94. The van der Waals surface area contributed by atoms with E-state index in [0.29, 0.717) is 0 Å². The van der Waals surface area contributed by atoms with Crippen LogP contribution in [0, 0.1) is 0 Å². The van der Waals surface area contributed by atoms with Crippen molar-refractivity contribution in [3.8, 4) is 11.1 Å². The van der Waals surface area contributed by atoms with Gasteiger partial charge in [0.05, 0.1) is 6.54 Å². The Morgan fingerprint density at radius 2 is 1.67 bits per heavy atom. The Balaban J connectivity index is 2.24. The number of rotatable bonds is 4. The van der Waals surface area contributed by atoms with Crippen molar-refractivity contribution in [2.75, 3.05) is 18.9 Å². The van der Waals surface area contributed by atoms with E-state index in [-0.39, 0.29) is 12.5 Å². The van der Waals surface area contributed by atoms with Crippen molar-refractivity contribution in [2.45, 2.75) is 0 Å². The summed E-state index contributed by atoms with van der Waals surface area (Å²) in [5.74, 6) is -0.0298. The van der Waals surface area contributed by atoms with Gasteiger partial charge in [-0.15, -0.1) is 0 Å². The summed E-state index contributed by atoms with van der Waals surface area (Å²) in [5, 5.41) is 5.74. The molecule has 2 N–H and O–H groups in total. The van der Waals surface area contributed by atoms with Crippen LogP contribution in [0.2, 0.25) is 0 Å². The molecule has 92 valence electrons. The van der Waals surface area contributed by atoms with Gasteiger partial charge in [0.25, 0.3) is 0 Å². The summed E-state index contributed by atoms with van der Waals surface area (Å²) >= 11 is 0. The maximum absolute atomic E-state index is 11.3. The van der Waals surface area contributed by atoms with E-state index in [2.05, 4.69) is 22.8 Å². The minimum Gasteiger partial charge on any atom is -0.376 e. The summed E-state index contributed by atoms with van der Waals surface area (Å²) in [6.07, 6.45) is 0. The number of amides is 1. The summed E-state index contributed by atoms with van der Waals surface area (Å²) in [5.41, 5.74) is 3.20. The van der Waals surface area contributed by atoms with Crippen molar-refractivity contribution in [3.63, 3.8) is 0 Å². The lowest BCUT2D eigenvalue weighted by Gasteiger charge is -2.11. The predicted octanol–water partition coefficient (Wildman–Crippen LogP) is 2.51. The van der Waals surface area contributed by atoms with Gasteiger partial charge in [-0.05, 0) is 11.6 Å². The third-order valence-electron chi connectivity index (χ3n) is 2.73. The van der Waals surface area contributed by atoms with E-state index in [4.69, 9.17) is 0 Å². The molecule has 0 fully saturated rings. The maximum atomic E-state index is 11.3. The molecule has 0 unspecified atom stereocenters. The molecular weight excluding hydrogens is 224 g/mol. The molecule has 3 heteroatoms. The standard InChI is InChI=1S/C15H16N2O/c1-16-15(18)11-17-14-10-6-5-9-13(14)12-7-3-2-4-8-12/h2-10,17H,11H2,1H3,(H,16,18). The van der Waals surface area contributed by atoms with Gasteiger partial charge >= 0.3 is 0 Å². The zero-order chi connectivity index (χ0) is 12.8. The monoisotopic (exact) mass is 240 g/mol. The Labute approximate surface area is 107 Å². The molecular formula is C15H16N2O. The highest BCUT2D eigenvalue weighted by molar-refractivity contribution is 5.84. The highest BCUT2D eigenvalue weighted by atomic mass is 16.1. The zero-order valence-electron chi connectivity index (χ0n) is 10.3. The number of carbonyl (C=O) groups is 1. The van der Waals surface area contributed by atoms with Crippen LogP contribution in [-0.4, -0.2) is 19.5 Å². The van der Waals surface area contributed by atoms with E-state index in [1.807, 2.05) is 42.5 Å². The van der Waals surface area contributed by atoms with E-state index >= 15 is 0 Å². The average Bonchev–Trinajstić information content (AvgIpc) is 2.46. The largest absolute Gasteiger partial charge is 0.376 e. The molecule has 0 aliphatic carbocycles. The van der Waals surface area contributed by atoms with Crippen LogP contribution in [0.15, 0.2) is 54.6 Å². The Morgan fingerprint density at radius 1 is 1.00 bits per heavy atom. The van der Waals surface area contributed by atoms with Crippen LogP contribution in [0.3, 0.4) is 0 Å². The van der Waals surface area contributed by atoms with Crippen molar-refractivity contribution in [2.24, 2.45) is 0 Å². The number of anilines is 1. The summed E-state index contributed by atoms with van der Waals surface area (Å²) in [4.78, 5) is 11.3. The minimum absolute atomic E-state index is 0.0298. The van der Waals surface area contributed by atoms with Crippen molar-refractivity contribution in [1.29, 1.82) is 0 Å². The Hall–Kier alpha value is -2.29. The van der Waals surface area contributed by atoms with Crippen molar-refractivity contribution in [3.05, 3.63) is 54.6 Å². The highest BCUT2D eigenvalue weighted by Crippen LogP contribution is 2.27. The fourth-order valence-electron chi connectivity index (χ4n) is 1.77. The molecule has 0 saturated carbocycles. The fourth-order valence-corrected chi connectivity index (χ4v) is 1.77. The molecule has 0 heterocycles. The highest BCUT2D eigenvalue weighted by Gasteiger charge is 2.04. The second kappa shape index (κ2) is 5.87. The molecule has 18 heavy (non-hydrogen) atoms. The molecule has 3 nitrogen and oxygen atoms in total. The summed E-state index contributed by atoms with van der Waals surface area (Å²) in [7, 11) is 1.63. The van der Waals surface area contributed by atoms with E-state index in [9.17, 15) is 4.79 Å². The average molecular weight is 240 g/mol. The third-order valence-corrected chi connectivity index (χ3v) is 2.73. The first kappa shape index (κ1) is 12.2. The molecule has 2 aromatic carbocycles. The van der Waals surface area contributed by atoms with Gasteiger partial charge in [-0.1, -0.05) is 48.5 Å². The molecule has 0 aliphatic rings. The van der Waals surface area contributed by atoms with Crippen LogP contribution in [-0.2, 0) is 4.79 Å². The summed E-state index contributed by atoms with van der Waals surface area (Å²) < 4.78 is 0. The van der Waals surface area contributed by atoms with Gasteiger partial charge in [0.2, 0.25) is 5.91 Å². The molecule has 0 aliphatic heterocycles. The Bertz CT molecular complexity index is 523. The number of hydrogen-bond acceptors (Lipinski definition) is 2. The lowest BCUT2D eigenvalue weighted by Crippen LogP contribution is -2.26. The maximum Gasteiger partial charge on any atom is 0.239 e.